The van der Waals surface area contributed by atoms with Crippen LogP contribution in [0.1, 0.15) is 112 Å². The summed E-state index contributed by atoms with van der Waals surface area (Å²) in [5.41, 5.74) is 3.96. The Morgan fingerprint density at radius 2 is 2.03 bits per heavy atom. The van der Waals surface area contributed by atoms with Gasteiger partial charge in [-0.1, -0.05) is 63.5 Å². The summed E-state index contributed by atoms with van der Waals surface area (Å²) >= 11 is 0. The van der Waals surface area contributed by atoms with Gasteiger partial charge in [0, 0.05) is 12.8 Å². The lowest BCUT2D eigenvalue weighted by atomic mass is 9.60. The van der Waals surface area contributed by atoms with Gasteiger partial charge in [0.1, 0.15) is 6.10 Å². The normalized spacial score (nSPS) is 33.9. The lowest BCUT2D eigenvalue weighted by Gasteiger charge is -2.44. The molecule has 0 radical (unpaired) electrons. The van der Waals surface area contributed by atoms with Gasteiger partial charge in [-0.3, -0.25) is 4.79 Å². The zero-order valence-corrected chi connectivity index (χ0v) is 21.9. The fourth-order valence-electron chi connectivity index (χ4n) is 7.02. The molecule has 0 aromatic carbocycles. The maximum atomic E-state index is 11.7. The summed E-state index contributed by atoms with van der Waals surface area (Å²) in [5.74, 6) is 2.09. The summed E-state index contributed by atoms with van der Waals surface area (Å²) in [5, 5.41) is 10.1. The Hall–Kier alpha value is -1.35. The molecule has 1 N–H and O–H groups in total. The van der Waals surface area contributed by atoms with Gasteiger partial charge < -0.3 is 9.84 Å². The number of aliphatic hydroxyl groups is 1. The molecular weight excluding hydrogens is 408 g/mol. The topological polar surface area (TPSA) is 46.5 Å². The number of esters is 1. The van der Waals surface area contributed by atoms with Gasteiger partial charge in [0.2, 0.25) is 0 Å². The van der Waals surface area contributed by atoms with E-state index in [4.69, 9.17) is 4.74 Å². The van der Waals surface area contributed by atoms with E-state index in [0.717, 1.165) is 38.0 Å². The minimum atomic E-state index is -0.549. The van der Waals surface area contributed by atoms with Gasteiger partial charge in [-0.25, -0.2) is 0 Å². The molecule has 0 aromatic rings. The van der Waals surface area contributed by atoms with Crippen molar-refractivity contribution in [2.45, 2.75) is 123 Å². The lowest BCUT2D eigenvalue weighted by molar-refractivity contribution is -0.149. The Morgan fingerprint density at radius 1 is 1.27 bits per heavy atom. The van der Waals surface area contributed by atoms with Gasteiger partial charge in [0.25, 0.3) is 0 Å². The second kappa shape index (κ2) is 10.9. The molecule has 3 rings (SSSR count). The first-order valence-corrected chi connectivity index (χ1v) is 13.5. The number of carbonyl (C=O) groups excluding carboxylic acids is 1. The highest BCUT2D eigenvalue weighted by Gasteiger charge is 2.50. The van der Waals surface area contributed by atoms with E-state index in [1.165, 1.54) is 49.7 Å². The summed E-state index contributed by atoms with van der Waals surface area (Å²) in [7, 11) is 0. The van der Waals surface area contributed by atoms with Crippen molar-refractivity contribution in [3.63, 3.8) is 0 Å². The van der Waals surface area contributed by atoms with Gasteiger partial charge in [-0.15, -0.1) is 0 Å². The summed E-state index contributed by atoms with van der Waals surface area (Å²) < 4.78 is 5.63. The minimum absolute atomic E-state index is 0.00447. The molecular formula is C30H48O3. The Bertz CT molecular complexity index is 768. The second-order valence-electron chi connectivity index (χ2n) is 12.0. The molecule has 33 heavy (non-hydrogen) atoms. The van der Waals surface area contributed by atoms with Crippen molar-refractivity contribution < 1.29 is 14.6 Å². The quantitative estimate of drug-likeness (QED) is 0.381. The first-order chi connectivity index (χ1) is 15.5. The van der Waals surface area contributed by atoms with Crippen molar-refractivity contribution in [2.24, 2.45) is 23.2 Å². The van der Waals surface area contributed by atoms with E-state index in [2.05, 4.69) is 32.6 Å². The second-order valence-corrected chi connectivity index (χ2v) is 12.0. The van der Waals surface area contributed by atoms with Crippen molar-refractivity contribution in [3.05, 3.63) is 35.5 Å². The summed E-state index contributed by atoms with van der Waals surface area (Å²) in [6, 6.07) is 0. The maximum absolute atomic E-state index is 11.7. The van der Waals surface area contributed by atoms with E-state index in [9.17, 15) is 9.90 Å². The van der Waals surface area contributed by atoms with Gasteiger partial charge in [0.05, 0.1) is 5.60 Å². The number of ether oxygens (including phenoxy) is 1. The molecule has 5 atom stereocenters. The van der Waals surface area contributed by atoms with Crippen LogP contribution in [0.3, 0.4) is 0 Å². The summed E-state index contributed by atoms with van der Waals surface area (Å²) in [6.07, 6.45) is 17.5. The van der Waals surface area contributed by atoms with Gasteiger partial charge >= 0.3 is 5.97 Å². The monoisotopic (exact) mass is 456 g/mol. The van der Waals surface area contributed by atoms with E-state index in [1.807, 2.05) is 20.8 Å². The molecule has 3 saturated carbocycles. The van der Waals surface area contributed by atoms with Crippen LogP contribution in [0, 0.1) is 23.2 Å². The van der Waals surface area contributed by atoms with Crippen molar-refractivity contribution in [1.82, 2.24) is 0 Å². The molecule has 3 fully saturated rings. The number of carbonyl (C=O) groups is 1. The molecule has 0 bridgehead atoms. The highest BCUT2D eigenvalue weighted by atomic mass is 16.5. The highest BCUT2D eigenvalue weighted by Crippen LogP contribution is 2.60. The predicted octanol–water partition coefficient (Wildman–Crippen LogP) is 7.69. The van der Waals surface area contributed by atoms with Crippen molar-refractivity contribution in [2.75, 3.05) is 0 Å². The van der Waals surface area contributed by atoms with E-state index < -0.39 is 5.60 Å². The number of rotatable bonds is 8. The van der Waals surface area contributed by atoms with E-state index >= 15 is 0 Å². The van der Waals surface area contributed by atoms with Crippen LogP contribution < -0.4 is 0 Å². The standard InChI is InChI=1S/C30H48O3/c1-7-28(31)33-25-15-12-21(2)24(20-25)14-13-23-11-9-19-30(6)26(16-17-27(23)30)22(3)10-8-18-29(4,5)32/h13-14,22,25-27,32H,2,7-12,15-20H2,1,3-6H3/b23-13+,24-14-/t22-,25+,26-,27+,30-/m1/s1. The van der Waals surface area contributed by atoms with Crippen LogP contribution in [0.25, 0.3) is 0 Å². The Morgan fingerprint density at radius 3 is 2.73 bits per heavy atom. The van der Waals surface area contributed by atoms with E-state index in [1.54, 1.807) is 5.57 Å². The number of hydrogen-bond acceptors (Lipinski definition) is 3. The fraction of sp³-hybridized carbons (Fsp3) is 0.767. The molecule has 0 saturated heterocycles. The largest absolute Gasteiger partial charge is 0.462 e. The smallest absolute Gasteiger partial charge is 0.305 e. The molecule has 186 valence electrons. The van der Waals surface area contributed by atoms with Gasteiger partial charge in [0.15, 0.2) is 0 Å². The molecule has 3 aliphatic carbocycles. The minimum Gasteiger partial charge on any atom is -0.462 e. The molecule has 0 aliphatic heterocycles. The summed E-state index contributed by atoms with van der Waals surface area (Å²) in [6.45, 7) is 15.0. The highest BCUT2D eigenvalue weighted by molar-refractivity contribution is 5.69. The predicted molar refractivity (Wildman–Crippen MR) is 137 cm³/mol. The zero-order chi connectivity index (χ0) is 24.2. The molecule has 3 aliphatic rings. The number of allylic oxidation sites excluding steroid dienone is 4. The Labute approximate surface area is 202 Å². The van der Waals surface area contributed by atoms with Crippen LogP contribution in [-0.2, 0) is 9.53 Å². The lowest BCUT2D eigenvalue weighted by Crippen LogP contribution is -2.36. The molecule has 0 heterocycles. The van der Waals surface area contributed by atoms with Crippen LogP contribution in [-0.4, -0.2) is 22.8 Å². The van der Waals surface area contributed by atoms with E-state index in [0.29, 0.717) is 23.7 Å². The van der Waals surface area contributed by atoms with E-state index in [-0.39, 0.29) is 12.1 Å². The van der Waals surface area contributed by atoms with Crippen molar-refractivity contribution in [3.8, 4) is 0 Å². The molecule has 0 amide bonds. The third-order valence-corrected chi connectivity index (χ3v) is 8.93. The van der Waals surface area contributed by atoms with Crippen LogP contribution in [0.15, 0.2) is 35.5 Å². The van der Waals surface area contributed by atoms with Crippen LogP contribution in [0.5, 0.6) is 0 Å². The van der Waals surface area contributed by atoms with Gasteiger partial charge in [-0.05, 0) is 94.0 Å². The molecule has 0 unspecified atom stereocenters. The van der Waals surface area contributed by atoms with Crippen LogP contribution >= 0.6 is 0 Å². The average molecular weight is 457 g/mol. The fourth-order valence-corrected chi connectivity index (χ4v) is 7.02. The third-order valence-electron chi connectivity index (χ3n) is 8.93. The maximum Gasteiger partial charge on any atom is 0.305 e. The molecule has 0 aromatic heterocycles. The molecule has 0 spiro atoms. The number of hydrogen-bond donors (Lipinski definition) is 1. The first-order valence-electron chi connectivity index (χ1n) is 13.5. The Balaban J connectivity index is 1.67. The van der Waals surface area contributed by atoms with Crippen molar-refractivity contribution in [1.29, 1.82) is 0 Å². The summed E-state index contributed by atoms with van der Waals surface area (Å²) in [4.78, 5) is 11.7. The van der Waals surface area contributed by atoms with Crippen molar-refractivity contribution >= 4 is 5.97 Å². The number of fused-ring (bicyclic) bond motifs is 1. The first kappa shape index (κ1) is 26.3. The van der Waals surface area contributed by atoms with Crippen LogP contribution in [0.2, 0.25) is 0 Å². The van der Waals surface area contributed by atoms with Crippen LogP contribution in [0.4, 0.5) is 0 Å². The zero-order valence-electron chi connectivity index (χ0n) is 21.9. The SMILES string of the molecule is C=C1CC[C@H](OC(=O)CC)C/C1=C/C=C1\CCC[C@]2(C)[C@@H]([C@H](C)CCCC(C)(C)O)CC[C@@H]12. The van der Waals surface area contributed by atoms with Gasteiger partial charge in [-0.2, -0.15) is 0 Å². The third kappa shape index (κ3) is 6.62. The Kier molecular flexibility index (Phi) is 8.70. The molecule has 3 heteroatoms. The molecule has 3 nitrogen and oxygen atoms in total. The average Bonchev–Trinajstić information content (AvgIpc) is 3.10.